The minimum absolute atomic E-state index is 0.205. The van der Waals surface area contributed by atoms with Crippen LogP contribution >= 0.6 is 23.4 Å². The van der Waals surface area contributed by atoms with E-state index in [-0.39, 0.29) is 16.9 Å². The Morgan fingerprint density at radius 1 is 1.44 bits per heavy atom. The monoisotopic (exact) mass is 289 g/mol. The normalized spacial score (nSPS) is 14.5. The third-order valence-electron chi connectivity index (χ3n) is 3.06. The minimum atomic E-state index is -0.284. The summed E-state index contributed by atoms with van der Waals surface area (Å²) < 4.78 is 13.8. The van der Waals surface area contributed by atoms with Crippen molar-refractivity contribution >= 4 is 23.4 Å². The fourth-order valence-electron chi connectivity index (χ4n) is 1.61. The lowest BCUT2D eigenvalue weighted by Gasteiger charge is -2.18. The van der Waals surface area contributed by atoms with E-state index < -0.39 is 0 Å². The largest absolute Gasteiger partial charge is 0.316 e. The van der Waals surface area contributed by atoms with Crippen molar-refractivity contribution in [2.75, 3.05) is 12.8 Å². The van der Waals surface area contributed by atoms with Gasteiger partial charge in [0.1, 0.15) is 5.82 Å². The van der Waals surface area contributed by atoms with Crippen LogP contribution in [0.3, 0.4) is 0 Å². The lowest BCUT2D eigenvalue weighted by molar-refractivity contribution is 0.568. The van der Waals surface area contributed by atoms with Crippen molar-refractivity contribution in [2.45, 2.75) is 38.0 Å². The van der Waals surface area contributed by atoms with Crippen LogP contribution in [0.15, 0.2) is 18.2 Å². The fraction of sp³-hybridized carbons (Fsp3) is 0.571. The molecule has 1 N–H and O–H groups in total. The van der Waals surface area contributed by atoms with E-state index in [2.05, 4.69) is 19.2 Å². The van der Waals surface area contributed by atoms with Crippen LogP contribution in [0.2, 0.25) is 5.02 Å². The van der Waals surface area contributed by atoms with Crippen LogP contribution in [0.5, 0.6) is 0 Å². The number of hydrogen-bond donors (Lipinski definition) is 1. The quantitative estimate of drug-likeness (QED) is 0.809. The average molecular weight is 290 g/mol. The number of benzene rings is 1. The van der Waals surface area contributed by atoms with Crippen LogP contribution in [0.4, 0.5) is 4.39 Å². The summed E-state index contributed by atoms with van der Waals surface area (Å²) in [6.45, 7) is 4.40. The molecule has 0 aromatic heterocycles. The highest BCUT2D eigenvalue weighted by atomic mass is 35.5. The Morgan fingerprint density at radius 2 is 2.17 bits per heavy atom. The molecule has 2 unspecified atom stereocenters. The molecule has 1 rings (SSSR count). The van der Waals surface area contributed by atoms with E-state index in [9.17, 15) is 4.39 Å². The SMILES string of the molecule is CCC(C)SCC(Cc1cccc(Cl)c1F)NC. The Labute approximate surface area is 118 Å². The van der Waals surface area contributed by atoms with Crippen molar-refractivity contribution in [1.82, 2.24) is 5.32 Å². The molecule has 0 aliphatic carbocycles. The molecule has 0 saturated carbocycles. The Morgan fingerprint density at radius 3 is 2.78 bits per heavy atom. The summed E-state index contributed by atoms with van der Waals surface area (Å²) in [4.78, 5) is 0. The molecule has 0 aliphatic rings. The second kappa shape index (κ2) is 8.03. The average Bonchev–Trinajstić information content (AvgIpc) is 2.38. The summed E-state index contributed by atoms with van der Waals surface area (Å²) in [5.41, 5.74) is 0.687. The maximum Gasteiger partial charge on any atom is 0.145 e. The zero-order valence-electron chi connectivity index (χ0n) is 11.2. The van der Waals surface area contributed by atoms with E-state index in [1.165, 1.54) is 0 Å². The van der Waals surface area contributed by atoms with Gasteiger partial charge in [0, 0.05) is 17.0 Å². The third-order valence-corrected chi connectivity index (χ3v) is 4.85. The van der Waals surface area contributed by atoms with Crippen molar-refractivity contribution in [2.24, 2.45) is 0 Å². The maximum absolute atomic E-state index is 13.8. The zero-order valence-corrected chi connectivity index (χ0v) is 12.7. The molecule has 1 nitrogen and oxygen atoms in total. The third kappa shape index (κ3) is 4.79. The number of thioether (sulfide) groups is 1. The molecule has 102 valence electrons. The second-order valence-electron chi connectivity index (χ2n) is 4.45. The number of hydrogen-bond acceptors (Lipinski definition) is 2. The van der Waals surface area contributed by atoms with Gasteiger partial charge in [-0.1, -0.05) is 37.6 Å². The topological polar surface area (TPSA) is 12.0 Å². The van der Waals surface area contributed by atoms with E-state index in [1.54, 1.807) is 18.2 Å². The van der Waals surface area contributed by atoms with E-state index in [1.807, 2.05) is 18.8 Å². The number of rotatable bonds is 7. The molecule has 4 heteroatoms. The van der Waals surface area contributed by atoms with Crippen LogP contribution in [0.1, 0.15) is 25.8 Å². The van der Waals surface area contributed by atoms with Gasteiger partial charge in [0.05, 0.1) is 5.02 Å². The summed E-state index contributed by atoms with van der Waals surface area (Å²) >= 11 is 7.71. The Hall–Kier alpha value is -0.250. The molecule has 2 atom stereocenters. The van der Waals surface area contributed by atoms with E-state index in [0.717, 1.165) is 12.2 Å². The zero-order chi connectivity index (χ0) is 13.5. The first kappa shape index (κ1) is 15.8. The van der Waals surface area contributed by atoms with Crippen molar-refractivity contribution < 1.29 is 4.39 Å². The van der Waals surface area contributed by atoms with Gasteiger partial charge < -0.3 is 5.32 Å². The fourth-order valence-corrected chi connectivity index (χ4v) is 2.89. The first-order chi connectivity index (χ1) is 8.58. The first-order valence-corrected chi connectivity index (χ1v) is 7.72. The predicted molar refractivity (Wildman–Crippen MR) is 80.2 cm³/mol. The summed E-state index contributed by atoms with van der Waals surface area (Å²) in [5.74, 6) is 0.699. The summed E-state index contributed by atoms with van der Waals surface area (Å²) in [7, 11) is 1.92. The van der Waals surface area contributed by atoms with Crippen molar-refractivity contribution in [1.29, 1.82) is 0 Å². The molecular formula is C14H21ClFNS. The van der Waals surface area contributed by atoms with Gasteiger partial charge in [-0.3, -0.25) is 0 Å². The van der Waals surface area contributed by atoms with Crippen LogP contribution in [-0.4, -0.2) is 24.1 Å². The van der Waals surface area contributed by atoms with E-state index in [4.69, 9.17) is 11.6 Å². The highest BCUT2D eigenvalue weighted by Gasteiger charge is 2.13. The Kier molecular flexibility index (Phi) is 7.05. The second-order valence-corrected chi connectivity index (χ2v) is 6.33. The van der Waals surface area contributed by atoms with E-state index >= 15 is 0 Å². The van der Waals surface area contributed by atoms with Gasteiger partial charge in [0.25, 0.3) is 0 Å². The summed E-state index contributed by atoms with van der Waals surface area (Å²) in [6, 6.07) is 5.47. The lowest BCUT2D eigenvalue weighted by Crippen LogP contribution is -2.31. The predicted octanol–water partition coefficient (Wildman–Crippen LogP) is 4.14. The molecule has 0 amide bonds. The molecular weight excluding hydrogens is 269 g/mol. The summed E-state index contributed by atoms with van der Waals surface area (Å²) in [5, 5.41) is 4.10. The molecule has 1 aromatic rings. The molecule has 0 aliphatic heterocycles. The molecule has 0 spiro atoms. The molecule has 0 saturated heterocycles. The van der Waals surface area contributed by atoms with Gasteiger partial charge in [0.15, 0.2) is 0 Å². The molecule has 18 heavy (non-hydrogen) atoms. The number of nitrogens with one attached hydrogen (secondary N) is 1. The summed E-state index contributed by atoms with van der Waals surface area (Å²) in [6.07, 6.45) is 1.83. The molecule has 0 radical (unpaired) electrons. The highest BCUT2D eigenvalue weighted by Crippen LogP contribution is 2.21. The molecule has 0 bridgehead atoms. The van der Waals surface area contributed by atoms with Gasteiger partial charge in [-0.05, 0) is 31.5 Å². The lowest BCUT2D eigenvalue weighted by atomic mass is 10.1. The van der Waals surface area contributed by atoms with E-state index in [0.29, 0.717) is 17.2 Å². The first-order valence-electron chi connectivity index (χ1n) is 6.30. The van der Waals surface area contributed by atoms with Crippen LogP contribution < -0.4 is 5.32 Å². The van der Waals surface area contributed by atoms with Gasteiger partial charge in [0.2, 0.25) is 0 Å². The molecule has 1 aromatic carbocycles. The van der Waals surface area contributed by atoms with Crippen LogP contribution in [0, 0.1) is 5.82 Å². The molecule has 0 fully saturated rings. The van der Waals surface area contributed by atoms with Gasteiger partial charge in [-0.15, -0.1) is 0 Å². The number of likely N-dealkylation sites (N-methyl/N-ethyl adjacent to an activating group) is 1. The maximum atomic E-state index is 13.8. The molecule has 0 heterocycles. The number of halogens is 2. The van der Waals surface area contributed by atoms with Crippen molar-refractivity contribution in [3.05, 3.63) is 34.6 Å². The standard InChI is InChI=1S/C14H21ClFNS/c1-4-10(2)18-9-12(17-3)8-11-6-5-7-13(15)14(11)16/h5-7,10,12,17H,4,8-9H2,1-3H3. The highest BCUT2D eigenvalue weighted by molar-refractivity contribution is 7.99. The van der Waals surface area contributed by atoms with Gasteiger partial charge in [-0.25, -0.2) is 4.39 Å². The van der Waals surface area contributed by atoms with Crippen LogP contribution in [-0.2, 0) is 6.42 Å². The smallest absolute Gasteiger partial charge is 0.145 e. The minimum Gasteiger partial charge on any atom is -0.316 e. The Balaban J connectivity index is 2.59. The van der Waals surface area contributed by atoms with Crippen molar-refractivity contribution in [3.63, 3.8) is 0 Å². The van der Waals surface area contributed by atoms with Gasteiger partial charge >= 0.3 is 0 Å². The van der Waals surface area contributed by atoms with Gasteiger partial charge in [-0.2, -0.15) is 11.8 Å². The Bertz CT molecular complexity index is 373. The van der Waals surface area contributed by atoms with Crippen LogP contribution in [0.25, 0.3) is 0 Å². The van der Waals surface area contributed by atoms with Crippen molar-refractivity contribution in [3.8, 4) is 0 Å².